The van der Waals surface area contributed by atoms with Gasteiger partial charge in [-0.2, -0.15) is 0 Å². The lowest BCUT2D eigenvalue weighted by Crippen LogP contribution is -2.60. The average Bonchev–Trinajstić information content (AvgIpc) is 2.84. The van der Waals surface area contributed by atoms with E-state index in [0.29, 0.717) is 17.1 Å². The minimum Gasteiger partial charge on any atom is -0.497 e. The molecular formula is C27H36N2O8. The number of carbonyl (C=O) groups is 3. The second kappa shape index (κ2) is 13.5. The molecule has 0 aliphatic heterocycles. The molecule has 2 rings (SSSR count). The van der Waals surface area contributed by atoms with Crippen LogP contribution in [0.3, 0.4) is 0 Å². The number of carboxylic acid groups (broad SMARTS) is 1. The molecule has 0 spiro atoms. The smallest absolute Gasteiger partial charge is 0.425 e. The first-order valence-electron chi connectivity index (χ1n) is 11.9. The largest absolute Gasteiger partial charge is 0.497 e. The molecule has 10 nitrogen and oxygen atoms in total. The molecule has 10 heteroatoms. The van der Waals surface area contributed by atoms with Gasteiger partial charge in [0.05, 0.1) is 20.8 Å². The van der Waals surface area contributed by atoms with Crippen molar-refractivity contribution in [2.45, 2.75) is 58.2 Å². The summed E-state index contributed by atoms with van der Waals surface area (Å²) in [7, 11) is 2.97. The summed E-state index contributed by atoms with van der Waals surface area (Å²) in [5, 5.41) is 11.0. The Morgan fingerprint density at radius 1 is 1.00 bits per heavy atom. The van der Waals surface area contributed by atoms with Gasteiger partial charge in [-0.05, 0) is 44.9 Å². The lowest BCUT2D eigenvalue weighted by Gasteiger charge is -2.34. The van der Waals surface area contributed by atoms with Crippen LogP contribution in [0.4, 0.5) is 4.79 Å². The first-order valence-corrected chi connectivity index (χ1v) is 11.9. The van der Waals surface area contributed by atoms with E-state index in [9.17, 15) is 19.5 Å². The van der Waals surface area contributed by atoms with Crippen LogP contribution in [0.1, 0.15) is 38.8 Å². The molecule has 0 heterocycles. The molecule has 0 fully saturated rings. The number of aliphatic carboxylic acids is 1. The number of hydrogen-bond donors (Lipinski definition) is 2. The van der Waals surface area contributed by atoms with Crippen molar-refractivity contribution in [3.05, 3.63) is 59.7 Å². The van der Waals surface area contributed by atoms with Crippen LogP contribution in [0.2, 0.25) is 0 Å². The Hall–Kier alpha value is -3.79. The van der Waals surface area contributed by atoms with E-state index in [4.69, 9.17) is 18.9 Å². The molecule has 0 radical (unpaired) electrons. The number of nitrogens with one attached hydrogen (secondary N) is 1. The monoisotopic (exact) mass is 516 g/mol. The summed E-state index contributed by atoms with van der Waals surface area (Å²) >= 11 is 0. The lowest BCUT2D eigenvalue weighted by molar-refractivity contribution is -0.153. The van der Waals surface area contributed by atoms with Crippen LogP contribution in [0.15, 0.2) is 48.5 Å². The fourth-order valence-corrected chi connectivity index (χ4v) is 3.53. The molecule has 202 valence electrons. The van der Waals surface area contributed by atoms with Gasteiger partial charge in [-0.25, -0.2) is 20.0 Å². The van der Waals surface area contributed by atoms with Crippen molar-refractivity contribution in [2.75, 3.05) is 20.8 Å². The summed E-state index contributed by atoms with van der Waals surface area (Å²) in [5.41, 5.74) is 3.14. The van der Waals surface area contributed by atoms with Crippen molar-refractivity contribution in [1.29, 1.82) is 0 Å². The molecule has 2 aromatic rings. The predicted molar refractivity (Wildman–Crippen MR) is 136 cm³/mol. The van der Waals surface area contributed by atoms with Crippen LogP contribution in [0, 0.1) is 0 Å². The van der Waals surface area contributed by atoms with Gasteiger partial charge in [-0.1, -0.05) is 36.4 Å². The second-order valence-corrected chi connectivity index (χ2v) is 9.21. The highest BCUT2D eigenvalue weighted by Crippen LogP contribution is 2.26. The second-order valence-electron chi connectivity index (χ2n) is 9.21. The summed E-state index contributed by atoms with van der Waals surface area (Å²) in [5.74, 6) is -0.979. The number of ether oxygens (including phenoxy) is 4. The standard InChI is InChI=1S/C27H36N2O8/c1-7-36-25(32)22(15-18-11-9-8-10-12-18)29(26(33)37-27(2,3)4)28-21(24(30)31)16-19-13-14-20(34-5)17-23(19)35-6/h8-14,17,21-22,28H,7,15-16H2,1-6H3,(H,30,31)/t21-,22-/m0/s1. The number of esters is 1. The van der Waals surface area contributed by atoms with Crippen molar-refractivity contribution < 1.29 is 38.4 Å². The van der Waals surface area contributed by atoms with Gasteiger partial charge in [-0.15, -0.1) is 0 Å². The molecule has 0 unspecified atom stereocenters. The first kappa shape index (κ1) is 29.4. The number of hydrogen-bond acceptors (Lipinski definition) is 8. The van der Waals surface area contributed by atoms with Crippen LogP contribution >= 0.6 is 0 Å². The zero-order chi connectivity index (χ0) is 27.6. The number of amides is 1. The van der Waals surface area contributed by atoms with Gasteiger partial charge in [-0.3, -0.25) is 4.79 Å². The van der Waals surface area contributed by atoms with E-state index < -0.39 is 35.7 Å². The molecule has 0 saturated heterocycles. The topological polar surface area (TPSA) is 124 Å². The van der Waals surface area contributed by atoms with E-state index in [1.165, 1.54) is 14.2 Å². The third kappa shape index (κ3) is 8.98. The highest BCUT2D eigenvalue weighted by molar-refractivity contribution is 5.82. The SMILES string of the molecule is CCOC(=O)[C@H](Cc1ccccc1)N(N[C@@H](Cc1ccc(OC)cc1OC)C(=O)O)C(=O)OC(C)(C)C. The quantitative estimate of drug-likeness (QED) is 0.322. The molecular weight excluding hydrogens is 480 g/mol. The van der Waals surface area contributed by atoms with Crippen molar-refractivity contribution >= 4 is 18.0 Å². The number of methoxy groups -OCH3 is 2. The summed E-state index contributed by atoms with van der Waals surface area (Å²) in [6.07, 6.45) is -0.901. The number of rotatable bonds is 12. The molecule has 2 N–H and O–H groups in total. The zero-order valence-corrected chi connectivity index (χ0v) is 22.1. The van der Waals surface area contributed by atoms with Gasteiger partial charge in [0.25, 0.3) is 0 Å². The van der Waals surface area contributed by atoms with Crippen molar-refractivity contribution in [2.24, 2.45) is 0 Å². The van der Waals surface area contributed by atoms with Gasteiger partial charge >= 0.3 is 18.0 Å². The van der Waals surface area contributed by atoms with E-state index in [1.807, 2.05) is 6.07 Å². The number of carbonyl (C=O) groups excluding carboxylic acids is 2. The third-order valence-electron chi connectivity index (χ3n) is 5.24. The van der Waals surface area contributed by atoms with E-state index >= 15 is 0 Å². The van der Waals surface area contributed by atoms with E-state index in [0.717, 1.165) is 10.6 Å². The molecule has 0 aromatic heterocycles. The van der Waals surface area contributed by atoms with E-state index in [-0.39, 0.29) is 19.4 Å². The molecule has 37 heavy (non-hydrogen) atoms. The third-order valence-corrected chi connectivity index (χ3v) is 5.24. The maximum absolute atomic E-state index is 13.3. The average molecular weight is 517 g/mol. The molecule has 0 bridgehead atoms. The molecule has 2 aromatic carbocycles. The molecule has 0 aliphatic carbocycles. The van der Waals surface area contributed by atoms with Crippen molar-refractivity contribution in [3.8, 4) is 11.5 Å². The van der Waals surface area contributed by atoms with Crippen LogP contribution < -0.4 is 14.9 Å². The minimum absolute atomic E-state index is 0.0668. The summed E-state index contributed by atoms with van der Waals surface area (Å²) < 4.78 is 21.4. The van der Waals surface area contributed by atoms with Gasteiger partial charge in [0.15, 0.2) is 6.04 Å². The number of benzene rings is 2. The van der Waals surface area contributed by atoms with Gasteiger partial charge in [0, 0.05) is 18.9 Å². The van der Waals surface area contributed by atoms with Crippen molar-refractivity contribution in [3.63, 3.8) is 0 Å². The number of hydrazine groups is 1. The van der Waals surface area contributed by atoms with Crippen LogP contribution in [0.25, 0.3) is 0 Å². The van der Waals surface area contributed by atoms with Gasteiger partial charge < -0.3 is 24.1 Å². The van der Waals surface area contributed by atoms with E-state index in [1.54, 1.807) is 70.2 Å². The highest BCUT2D eigenvalue weighted by atomic mass is 16.6. The maximum atomic E-state index is 13.3. The molecule has 0 aliphatic rings. The predicted octanol–water partition coefficient (Wildman–Crippen LogP) is 3.62. The fourth-order valence-electron chi connectivity index (χ4n) is 3.53. The summed E-state index contributed by atoms with van der Waals surface area (Å²) in [4.78, 5) is 38.7. The highest BCUT2D eigenvalue weighted by Gasteiger charge is 2.37. The summed E-state index contributed by atoms with van der Waals surface area (Å²) in [6, 6.07) is 11.5. The van der Waals surface area contributed by atoms with Crippen molar-refractivity contribution in [1.82, 2.24) is 10.4 Å². The molecule has 2 atom stereocenters. The number of nitrogens with zero attached hydrogens (tertiary/aromatic N) is 1. The molecule has 0 saturated carbocycles. The number of carboxylic acids is 1. The Kier molecular flexibility index (Phi) is 10.7. The Labute approximate surface area is 217 Å². The maximum Gasteiger partial charge on any atom is 0.425 e. The zero-order valence-electron chi connectivity index (χ0n) is 22.1. The Balaban J connectivity index is 2.48. The van der Waals surface area contributed by atoms with Gasteiger partial charge in [0.2, 0.25) is 0 Å². The minimum atomic E-state index is -1.32. The summed E-state index contributed by atoms with van der Waals surface area (Å²) in [6.45, 7) is 6.76. The Morgan fingerprint density at radius 3 is 2.22 bits per heavy atom. The fraction of sp³-hybridized carbons (Fsp3) is 0.444. The lowest BCUT2D eigenvalue weighted by atomic mass is 10.0. The van der Waals surface area contributed by atoms with E-state index in [2.05, 4.69) is 5.43 Å². The first-order chi connectivity index (χ1) is 17.5. The Morgan fingerprint density at radius 2 is 1.68 bits per heavy atom. The van der Waals surface area contributed by atoms with Crippen LogP contribution in [0.5, 0.6) is 11.5 Å². The Bertz CT molecular complexity index is 1050. The molecule has 1 amide bonds. The normalized spacial score (nSPS) is 12.7. The van der Waals surface area contributed by atoms with Crippen LogP contribution in [-0.2, 0) is 31.9 Å². The van der Waals surface area contributed by atoms with Crippen LogP contribution in [-0.4, -0.2) is 66.7 Å². The van der Waals surface area contributed by atoms with Gasteiger partial charge in [0.1, 0.15) is 23.1 Å².